The van der Waals surface area contributed by atoms with Crippen molar-refractivity contribution in [1.82, 2.24) is 14.9 Å². The van der Waals surface area contributed by atoms with Crippen molar-refractivity contribution in [2.45, 2.75) is 32.8 Å². The normalized spacial score (nSPS) is 14.2. The Morgan fingerprint density at radius 2 is 1.76 bits per heavy atom. The van der Waals surface area contributed by atoms with Gasteiger partial charge in [-0.05, 0) is 56.7 Å². The zero-order valence-electron chi connectivity index (χ0n) is 20.1. The first-order valence-electron chi connectivity index (χ1n) is 11.4. The topological polar surface area (TPSA) is 84.9 Å². The number of anilines is 1. The molecule has 1 aromatic carbocycles. The molecule has 0 atom stereocenters. The number of fused-ring (bicyclic) bond motifs is 1. The van der Waals surface area contributed by atoms with Crippen LogP contribution in [0.15, 0.2) is 48.8 Å². The highest BCUT2D eigenvalue weighted by Gasteiger charge is 2.26. The number of ether oxygens (including phenoxy) is 2. The molecule has 0 aliphatic carbocycles. The van der Waals surface area contributed by atoms with Crippen molar-refractivity contribution in [3.63, 3.8) is 0 Å². The second-order valence-corrected chi connectivity index (χ2v) is 9.38. The summed E-state index contributed by atoms with van der Waals surface area (Å²) < 4.78 is 10.3. The second-order valence-electron chi connectivity index (χ2n) is 9.38. The van der Waals surface area contributed by atoms with Crippen LogP contribution >= 0.6 is 0 Å². The molecule has 0 saturated carbocycles. The van der Waals surface area contributed by atoms with Crippen LogP contribution in [0.5, 0.6) is 0 Å². The quantitative estimate of drug-likeness (QED) is 0.541. The number of methoxy groups -OCH3 is 1. The SMILES string of the molecule is COC(=O)c1ccnc(Cc2ccc3ncc(N4CCN(C(=O)OC(C)(C)C)CC4)cc3c2)c1. The number of carbonyl (C=O) groups excluding carboxylic acids is 2. The Hall–Kier alpha value is -3.68. The Morgan fingerprint density at radius 1 is 1.00 bits per heavy atom. The largest absolute Gasteiger partial charge is 0.465 e. The van der Waals surface area contributed by atoms with Crippen LogP contribution in [0.2, 0.25) is 0 Å². The van der Waals surface area contributed by atoms with Gasteiger partial charge in [-0.25, -0.2) is 9.59 Å². The minimum absolute atomic E-state index is 0.265. The van der Waals surface area contributed by atoms with Gasteiger partial charge in [0, 0.05) is 49.9 Å². The summed E-state index contributed by atoms with van der Waals surface area (Å²) in [7, 11) is 1.37. The first kappa shape index (κ1) is 23.5. The van der Waals surface area contributed by atoms with Gasteiger partial charge >= 0.3 is 12.1 Å². The lowest BCUT2D eigenvalue weighted by Crippen LogP contribution is -2.50. The van der Waals surface area contributed by atoms with E-state index >= 15 is 0 Å². The molecule has 8 heteroatoms. The molecule has 1 aliphatic rings. The van der Waals surface area contributed by atoms with Gasteiger partial charge in [-0.3, -0.25) is 9.97 Å². The number of rotatable bonds is 4. The third kappa shape index (κ3) is 5.62. The summed E-state index contributed by atoms with van der Waals surface area (Å²) in [6, 6.07) is 11.7. The van der Waals surface area contributed by atoms with E-state index in [-0.39, 0.29) is 12.1 Å². The van der Waals surface area contributed by atoms with Crippen molar-refractivity contribution < 1.29 is 19.1 Å². The van der Waals surface area contributed by atoms with Crippen LogP contribution in [0.4, 0.5) is 10.5 Å². The highest BCUT2D eigenvalue weighted by Crippen LogP contribution is 2.24. The summed E-state index contributed by atoms with van der Waals surface area (Å²) in [4.78, 5) is 37.2. The first-order chi connectivity index (χ1) is 16.2. The summed E-state index contributed by atoms with van der Waals surface area (Å²) in [6.07, 6.45) is 3.84. The summed E-state index contributed by atoms with van der Waals surface area (Å²) in [5.74, 6) is -0.372. The molecule has 0 radical (unpaired) electrons. The number of benzene rings is 1. The standard InChI is InChI=1S/C26H30N4O4/c1-26(2,3)34-25(32)30-11-9-29(10-12-30)22-16-20-13-18(5-6-23(20)28-17-22)14-21-15-19(7-8-27-21)24(31)33-4/h5-8,13,15-17H,9-12,14H2,1-4H3. The molecule has 0 spiro atoms. The van der Waals surface area contributed by atoms with Crippen molar-refractivity contribution in [3.05, 3.63) is 65.6 Å². The van der Waals surface area contributed by atoms with Crippen LogP contribution in [0.3, 0.4) is 0 Å². The molecule has 3 heterocycles. The maximum Gasteiger partial charge on any atom is 0.410 e. The Morgan fingerprint density at radius 3 is 2.47 bits per heavy atom. The van der Waals surface area contributed by atoms with Crippen molar-refractivity contribution in [3.8, 4) is 0 Å². The zero-order chi connectivity index (χ0) is 24.3. The molecule has 34 heavy (non-hydrogen) atoms. The molecule has 0 bridgehead atoms. The monoisotopic (exact) mass is 462 g/mol. The van der Waals surface area contributed by atoms with Crippen LogP contribution in [0.1, 0.15) is 42.4 Å². The number of nitrogens with zero attached hydrogens (tertiary/aromatic N) is 4. The molecular weight excluding hydrogens is 432 g/mol. The molecule has 0 N–H and O–H groups in total. The lowest BCUT2D eigenvalue weighted by molar-refractivity contribution is 0.0240. The fourth-order valence-electron chi connectivity index (χ4n) is 3.95. The molecule has 4 rings (SSSR count). The number of aromatic nitrogens is 2. The van der Waals surface area contributed by atoms with E-state index in [2.05, 4.69) is 27.0 Å². The number of amides is 1. The third-order valence-corrected chi connectivity index (χ3v) is 5.65. The van der Waals surface area contributed by atoms with Crippen molar-refractivity contribution in [1.29, 1.82) is 0 Å². The van der Waals surface area contributed by atoms with Crippen molar-refractivity contribution in [2.24, 2.45) is 0 Å². The Labute approximate surface area is 199 Å². The van der Waals surface area contributed by atoms with Crippen LogP contribution < -0.4 is 4.90 Å². The Kier molecular flexibility index (Phi) is 6.68. The second kappa shape index (κ2) is 9.67. The molecule has 8 nitrogen and oxygen atoms in total. The Bertz CT molecular complexity index is 1200. The summed E-state index contributed by atoms with van der Waals surface area (Å²) in [6.45, 7) is 8.28. The van der Waals surface area contributed by atoms with E-state index < -0.39 is 5.60 Å². The van der Waals surface area contributed by atoms with Crippen LogP contribution in [-0.4, -0.2) is 65.8 Å². The van der Waals surface area contributed by atoms with E-state index in [1.54, 1.807) is 23.2 Å². The van der Waals surface area contributed by atoms with Gasteiger partial charge in [-0.1, -0.05) is 6.07 Å². The first-order valence-corrected chi connectivity index (χ1v) is 11.4. The van der Waals surface area contributed by atoms with Crippen LogP contribution in [-0.2, 0) is 15.9 Å². The van der Waals surface area contributed by atoms with E-state index in [9.17, 15) is 9.59 Å². The average Bonchev–Trinajstić information content (AvgIpc) is 2.82. The summed E-state index contributed by atoms with van der Waals surface area (Å²) in [5.41, 5.74) is 3.81. The molecule has 1 fully saturated rings. The maximum atomic E-state index is 12.3. The van der Waals surface area contributed by atoms with E-state index in [1.807, 2.05) is 39.1 Å². The number of hydrogen-bond acceptors (Lipinski definition) is 7. The van der Waals surface area contributed by atoms with Crippen molar-refractivity contribution >= 4 is 28.7 Å². The third-order valence-electron chi connectivity index (χ3n) is 5.65. The zero-order valence-corrected chi connectivity index (χ0v) is 20.1. The summed E-state index contributed by atoms with van der Waals surface area (Å²) >= 11 is 0. The highest BCUT2D eigenvalue weighted by atomic mass is 16.6. The molecule has 2 aromatic heterocycles. The molecule has 3 aromatic rings. The number of esters is 1. The van der Waals surface area contributed by atoms with Gasteiger partial charge in [0.1, 0.15) is 5.60 Å². The maximum absolute atomic E-state index is 12.3. The molecular formula is C26H30N4O4. The van der Waals surface area contributed by atoms with Gasteiger partial charge in [0.25, 0.3) is 0 Å². The molecule has 0 unspecified atom stereocenters. The number of hydrogen-bond donors (Lipinski definition) is 0. The fraction of sp³-hybridized carbons (Fsp3) is 0.385. The van der Waals surface area contributed by atoms with Crippen molar-refractivity contribution in [2.75, 3.05) is 38.2 Å². The van der Waals surface area contributed by atoms with Gasteiger partial charge < -0.3 is 19.3 Å². The fourth-order valence-corrected chi connectivity index (χ4v) is 3.95. The van der Waals surface area contributed by atoms with Gasteiger partial charge in [0.15, 0.2) is 0 Å². The predicted molar refractivity (Wildman–Crippen MR) is 130 cm³/mol. The highest BCUT2D eigenvalue weighted by molar-refractivity contribution is 5.89. The van der Waals surface area contributed by atoms with Gasteiger partial charge in [-0.15, -0.1) is 0 Å². The molecule has 178 valence electrons. The smallest absolute Gasteiger partial charge is 0.410 e. The minimum atomic E-state index is -0.496. The van der Waals surface area contributed by atoms with Gasteiger partial charge in [-0.2, -0.15) is 0 Å². The number of pyridine rings is 2. The molecule has 1 aliphatic heterocycles. The minimum Gasteiger partial charge on any atom is -0.465 e. The number of carbonyl (C=O) groups is 2. The van der Waals surface area contributed by atoms with E-state index in [0.717, 1.165) is 40.9 Å². The lowest BCUT2D eigenvalue weighted by Gasteiger charge is -2.36. The van der Waals surface area contributed by atoms with E-state index in [1.165, 1.54) is 7.11 Å². The average molecular weight is 463 g/mol. The van der Waals surface area contributed by atoms with E-state index in [4.69, 9.17) is 9.47 Å². The Balaban J connectivity index is 1.46. The lowest BCUT2D eigenvalue weighted by atomic mass is 10.0. The van der Waals surface area contributed by atoms with Crippen LogP contribution in [0.25, 0.3) is 10.9 Å². The van der Waals surface area contributed by atoms with Gasteiger partial charge in [0.2, 0.25) is 0 Å². The summed E-state index contributed by atoms with van der Waals surface area (Å²) in [5, 5.41) is 1.04. The molecule has 1 amide bonds. The molecule has 1 saturated heterocycles. The van der Waals surface area contributed by atoms with Crippen LogP contribution in [0, 0.1) is 0 Å². The van der Waals surface area contributed by atoms with E-state index in [0.29, 0.717) is 25.1 Å². The number of piperazine rings is 1. The predicted octanol–water partition coefficient (Wildman–Crippen LogP) is 4.06. The van der Waals surface area contributed by atoms with Gasteiger partial charge in [0.05, 0.1) is 30.1 Å².